The number of carbonyl (C=O) groups is 1. The maximum absolute atomic E-state index is 14.2. The smallest absolute Gasteiger partial charge is 0.255 e. The van der Waals surface area contributed by atoms with Crippen molar-refractivity contribution in [3.05, 3.63) is 46.5 Å². The Morgan fingerprint density at radius 3 is 2.59 bits per heavy atom. The van der Waals surface area contributed by atoms with Gasteiger partial charge in [-0.05, 0) is 49.9 Å². The van der Waals surface area contributed by atoms with Gasteiger partial charge in [0.15, 0.2) is 0 Å². The quantitative estimate of drug-likeness (QED) is 0.685. The summed E-state index contributed by atoms with van der Waals surface area (Å²) < 4.78 is 41.2. The molecule has 1 aliphatic heterocycles. The van der Waals surface area contributed by atoms with Crippen molar-refractivity contribution in [1.29, 1.82) is 0 Å². The first-order valence-corrected chi connectivity index (χ1v) is 11.2. The summed E-state index contributed by atoms with van der Waals surface area (Å²) in [6, 6.07) is 3.83. The van der Waals surface area contributed by atoms with Gasteiger partial charge in [-0.3, -0.25) is 9.78 Å². The molecule has 0 spiro atoms. The Hall–Kier alpha value is -2.32. The summed E-state index contributed by atoms with van der Waals surface area (Å²) in [5.74, 6) is -3.55. The van der Waals surface area contributed by atoms with E-state index in [2.05, 4.69) is 10.3 Å². The number of carbonyl (C=O) groups excluding carboxylic acids is 1. The maximum atomic E-state index is 14.2. The predicted octanol–water partition coefficient (Wildman–Crippen LogP) is 4.69. The van der Waals surface area contributed by atoms with Crippen LogP contribution in [0.25, 0.3) is 11.1 Å². The lowest BCUT2D eigenvalue weighted by Gasteiger charge is -2.30. The zero-order valence-electron chi connectivity index (χ0n) is 17.8. The zero-order valence-corrected chi connectivity index (χ0v) is 18.6. The van der Waals surface area contributed by atoms with Crippen molar-refractivity contribution in [2.45, 2.75) is 57.0 Å². The monoisotopic (exact) mass is 466 g/mol. The molecule has 2 aromatic rings. The van der Waals surface area contributed by atoms with Gasteiger partial charge in [0, 0.05) is 60.5 Å². The number of nitrogens with two attached hydrogens (primary N) is 1. The first-order valence-electron chi connectivity index (χ1n) is 10.8. The highest BCUT2D eigenvalue weighted by molar-refractivity contribution is 6.31. The molecular weight excluding hydrogens is 441 g/mol. The molecule has 0 unspecified atom stereocenters. The largest absolute Gasteiger partial charge is 0.369 e. The SMILES string of the molecule is Cc1ncc(C(=O)NC2CCC(F)(F)CC2)c(N2CC[C@H](N)C2)c1-c1cc(F)cc(Cl)c1. The van der Waals surface area contributed by atoms with Crippen LogP contribution >= 0.6 is 11.6 Å². The molecule has 32 heavy (non-hydrogen) atoms. The van der Waals surface area contributed by atoms with Gasteiger partial charge in [0.25, 0.3) is 5.91 Å². The van der Waals surface area contributed by atoms with Crippen molar-refractivity contribution in [1.82, 2.24) is 10.3 Å². The van der Waals surface area contributed by atoms with Crippen LogP contribution in [-0.4, -0.2) is 42.0 Å². The van der Waals surface area contributed by atoms with Crippen molar-refractivity contribution in [3.63, 3.8) is 0 Å². The van der Waals surface area contributed by atoms with E-state index in [0.717, 1.165) is 6.42 Å². The van der Waals surface area contributed by atoms with E-state index in [1.54, 1.807) is 13.0 Å². The van der Waals surface area contributed by atoms with Gasteiger partial charge in [-0.2, -0.15) is 0 Å². The van der Waals surface area contributed by atoms with Crippen molar-refractivity contribution >= 4 is 23.2 Å². The first-order chi connectivity index (χ1) is 15.1. The lowest BCUT2D eigenvalue weighted by atomic mass is 9.92. The van der Waals surface area contributed by atoms with E-state index in [9.17, 15) is 18.0 Å². The molecule has 1 amide bonds. The normalized spacial score (nSPS) is 21.1. The van der Waals surface area contributed by atoms with Crippen LogP contribution in [0.5, 0.6) is 0 Å². The Labute approximate surface area is 190 Å². The number of nitrogens with one attached hydrogen (secondary N) is 1. The molecule has 1 saturated heterocycles. The van der Waals surface area contributed by atoms with Crippen LogP contribution < -0.4 is 16.0 Å². The fourth-order valence-corrected chi connectivity index (χ4v) is 4.79. The highest BCUT2D eigenvalue weighted by atomic mass is 35.5. The number of pyridine rings is 1. The Morgan fingerprint density at radius 2 is 1.97 bits per heavy atom. The van der Waals surface area contributed by atoms with Gasteiger partial charge >= 0.3 is 0 Å². The van der Waals surface area contributed by atoms with E-state index in [-0.39, 0.29) is 48.7 Å². The summed E-state index contributed by atoms with van der Waals surface area (Å²) in [4.78, 5) is 19.7. The molecule has 1 saturated carbocycles. The van der Waals surface area contributed by atoms with E-state index >= 15 is 0 Å². The van der Waals surface area contributed by atoms with Crippen LogP contribution in [0.15, 0.2) is 24.4 Å². The molecular formula is C23H26ClF3N4O. The molecule has 172 valence electrons. The lowest BCUT2D eigenvalue weighted by molar-refractivity contribution is -0.0399. The number of halogens is 4. The molecule has 9 heteroatoms. The van der Waals surface area contributed by atoms with E-state index in [0.29, 0.717) is 41.2 Å². The molecule has 4 rings (SSSR count). The lowest BCUT2D eigenvalue weighted by Crippen LogP contribution is -2.41. The van der Waals surface area contributed by atoms with Crippen LogP contribution in [0.1, 0.15) is 48.2 Å². The molecule has 1 atom stereocenters. The van der Waals surface area contributed by atoms with E-state index in [1.165, 1.54) is 18.3 Å². The average molecular weight is 467 g/mol. The number of benzene rings is 1. The van der Waals surface area contributed by atoms with Gasteiger partial charge in [0.05, 0.1) is 11.3 Å². The fourth-order valence-electron chi connectivity index (χ4n) is 4.57. The molecule has 2 fully saturated rings. The Bertz CT molecular complexity index is 1000. The second-order valence-electron chi connectivity index (χ2n) is 8.74. The van der Waals surface area contributed by atoms with Crippen molar-refractivity contribution < 1.29 is 18.0 Å². The number of aromatic nitrogens is 1. The maximum Gasteiger partial charge on any atom is 0.255 e. The third-order valence-electron chi connectivity index (χ3n) is 6.23. The minimum absolute atomic E-state index is 0.0519. The van der Waals surface area contributed by atoms with Gasteiger partial charge < -0.3 is 16.0 Å². The second-order valence-corrected chi connectivity index (χ2v) is 9.17. The first kappa shape index (κ1) is 22.9. The van der Waals surface area contributed by atoms with Crippen molar-refractivity contribution in [3.8, 4) is 11.1 Å². The molecule has 1 aliphatic carbocycles. The predicted molar refractivity (Wildman–Crippen MR) is 119 cm³/mol. The molecule has 2 heterocycles. The highest BCUT2D eigenvalue weighted by Gasteiger charge is 2.36. The minimum atomic E-state index is -2.67. The van der Waals surface area contributed by atoms with Gasteiger partial charge in [-0.15, -0.1) is 0 Å². The van der Waals surface area contributed by atoms with E-state index in [4.69, 9.17) is 17.3 Å². The summed E-state index contributed by atoms with van der Waals surface area (Å²) in [5, 5.41) is 3.14. The molecule has 0 radical (unpaired) electrons. The second kappa shape index (κ2) is 8.90. The summed E-state index contributed by atoms with van der Waals surface area (Å²) in [5.41, 5.74) is 8.81. The van der Waals surface area contributed by atoms with Gasteiger partial charge in [-0.1, -0.05) is 11.6 Å². The van der Waals surface area contributed by atoms with E-state index < -0.39 is 11.7 Å². The number of rotatable bonds is 4. The fraction of sp³-hybridized carbons (Fsp3) is 0.478. The van der Waals surface area contributed by atoms with Crippen LogP contribution in [0.3, 0.4) is 0 Å². The van der Waals surface area contributed by atoms with Crippen molar-refractivity contribution in [2.24, 2.45) is 5.73 Å². The topological polar surface area (TPSA) is 71.2 Å². The molecule has 3 N–H and O–H groups in total. The molecule has 0 bridgehead atoms. The summed E-state index contributed by atoms with van der Waals surface area (Å²) in [6.07, 6.45) is 2.19. The molecule has 5 nitrogen and oxygen atoms in total. The summed E-state index contributed by atoms with van der Waals surface area (Å²) in [6.45, 7) is 2.96. The average Bonchev–Trinajstić information content (AvgIpc) is 3.14. The number of hydrogen-bond donors (Lipinski definition) is 2. The van der Waals surface area contributed by atoms with Crippen LogP contribution in [0.4, 0.5) is 18.9 Å². The summed E-state index contributed by atoms with van der Waals surface area (Å²) >= 11 is 6.11. The standard InChI is InChI=1S/C23H26ClF3N4O/c1-13-20(14-8-15(24)10-16(25)9-14)21(31-7-4-17(28)12-31)19(11-29-13)22(32)30-18-2-5-23(26,27)6-3-18/h8-11,17-18H,2-7,12,28H2,1H3,(H,30,32)/t17-/m0/s1. The third kappa shape index (κ3) is 4.86. The number of nitrogens with zero attached hydrogens (tertiary/aromatic N) is 2. The number of anilines is 1. The van der Waals surface area contributed by atoms with Crippen LogP contribution in [0.2, 0.25) is 5.02 Å². The number of aryl methyl sites for hydroxylation is 1. The van der Waals surface area contributed by atoms with Gasteiger partial charge in [0.2, 0.25) is 5.92 Å². The molecule has 2 aliphatic rings. The Balaban J connectivity index is 1.74. The van der Waals surface area contributed by atoms with Gasteiger partial charge in [-0.25, -0.2) is 13.2 Å². The third-order valence-corrected chi connectivity index (χ3v) is 6.45. The Morgan fingerprint density at radius 1 is 1.25 bits per heavy atom. The zero-order chi connectivity index (χ0) is 23.0. The van der Waals surface area contributed by atoms with Crippen molar-refractivity contribution in [2.75, 3.05) is 18.0 Å². The number of amides is 1. The molecule has 1 aromatic carbocycles. The number of hydrogen-bond acceptors (Lipinski definition) is 4. The van der Waals surface area contributed by atoms with Crippen LogP contribution in [-0.2, 0) is 0 Å². The minimum Gasteiger partial charge on any atom is -0.369 e. The molecule has 1 aromatic heterocycles. The van der Waals surface area contributed by atoms with Crippen LogP contribution in [0, 0.1) is 12.7 Å². The summed E-state index contributed by atoms with van der Waals surface area (Å²) in [7, 11) is 0. The Kier molecular flexibility index (Phi) is 6.36. The number of alkyl halides is 2. The van der Waals surface area contributed by atoms with Gasteiger partial charge in [0.1, 0.15) is 5.82 Å². The van der Waals surface area contributed by atoms with E-state index in [1.807, 2.05) is 4.90 Å². The highest BCUT2D eigenvalue weighted by Crippen LogP contribution is 2.39.